The lowest BCUT2D eigenvalue weighted by Gasteiger charge is -2.23. The summed E-state index contributed by atoms with van der Waals surface area (Å²) >= 11 is 0. The lowest BCUT2D eigenvalue weighted by Crippen LogP contribution is -2.34. The molecule has 1 aliphatic carbocycles. The lowest BCUT2D eigenvalue weighted by atomic mass is 9.86. The van der Waals surface area contributed by atoms with Crippen molar-refractivity contribution in [1.82, 2.24) is 5.32 Å². The van der Waals surface area contributed by atoms with Crippen molar-refractivity contribution >= 4 is 0 Å². The molecule has 1 fully saturated rings. The Morgan fingerprint density at radius 2 is 1.47 bits per heavy atom. The Kier molecular flexibility index (Phi) is 5.20. The molecule has 0 radical (unpaired) electrons. The van der Waals surface area contributed by atoms with Gasteiger partial charge in [0.2, 0.25) is 0 Å². The van der Waals surface area contributed by atoms with Gasteiger partial charge in [-0.3, -0.25) is 0 Å². The molecule has 1 aliphatic rings. The molecule has 0 heterocycles. The molecular formula is C18H31N. The monoisotopic (exact) mass is 261 g/mol. The average molecular weight is 261 g/mol. The van der Waals surface area contributed by atoms with Crippen molar-refractivity contribution in [3.8, 4) is 0 Å². The second-order valence-electron chi connectivity index (χ2n) is 6.71. The summed E-state index contributed by atoms with van der Waals surface area (Å²) in [5, 5.41) is 3.70. The van der Waals surface area contributed by atoms with Gasteiger partial charge in [0.05, 0.1) is 0 Å². The van der Waals surface area contributed by atoms with Crippen LogP contribution in [-0.4, -0.2) is 6.04 Å². The third-order valence-electron chi connectivity index (χ3n) is 3.62. The van der Waals surface area contributed by atoms with Crippen molar-refractivity contribution in [3.05, 3.63) is 35.4 Å². The highest BCUT2D eigenvalue weighted by Gasteiger charge is 2.44. The van der Waals surface area contributed by atoms with Gasteiger partial charge in [0, 0.05) is 11.6 Å². The third-order valence-corrected chi connectivity index (χ3v) is 3.62. The third kappa shape index (κ3) is 4.07. The summed E-state index contributed by atoms with van der Waals surface area (Å²) in [5.74, 6) is 0. The molecular weight excluding hydrogens is 230 g/mol. The zero-order chi connectivity index (χ0) is 14.7. The first-order valence-corrected chi connectivity index (χ1v) is 7.72. The number of benzene rings is 1. The molecule has 0 spiro atoms. The van der Waals surface area contributed by atoms with Gasteiger partial charge >= 0.3 is 0 Å². The maximum absolute atomic E-state index is 3.70. The molecule has 0 aromatic heterocycles. The van der Waals surface area contributed by atoms with Crippen molar-refractivity contribution in [2.75, 3.05) is 0 Å². The largest absolute Gasteiger partial charge is 0.305 e. The normalized spacial score (nSPS) is 16.8. The first-order chi connectivity index (χ1) is 8.83. The van der Waals surface area contributed by atoms with Gasteiger partial charge in [-0.05, 0) is 29.4 Å². The van der Waals surface area contributed by atoms with Crippen LogP contribution < -0.4 is 5.32 Å². The van der Waals surface area contributed by atoms with Crippen LogP contribution in [0.15, 0.2) is 24.3 Å². The van der Waals surface area contributed by atoms with E-state index in [1.807, 2.05) is 13.8 Å². The molecule has 1 heteroatoms. The summed E-state index contributed by atoms with van der Waals surface area (Å²) < 4.78 is 0. The smallest absolute Gasteiger partial charge is 0.0438 e. The maximum atomic E-state index is 3.70. The molecule has 0 bridgehead atoms. The fraction of sp³-hybridized carbons (Fsp3) is 0.667. The molecule has 0 amide bonds. The van der Waals surface area contributed by atoms with E-state index in [1.165, 1.54) is 24.0 Å². The summed E-state index contributed by atoms with van der Waals surface area (Å²) in [7, 11) is 0. The van der Waals surface area contributed by atoms with E-state index in [9.17, 15) is 0 Å². The van der Waals surface area contributed by atoms with Crippen LogP contribution >= 0.6 is 0 Å². The summed E-state index contributed by atoms with van der Waals surface area (Å²) in [6.07, 6.45) is 2.56. The van der Waals surface area contributed by atoms with E-state index in [2.05, 4.69) is 64.2 Å². The van der Waals surface area contributed by atoms with Crippen molar-refractivity contribution in [1.29, 1.82) is 0 Å². The predicted molar refractivity (Wildman–Crippen MR) is 85.7 cm³/mol. The number of hydrogen-bond acceptors (Lipinski definition) is 1. The van der Waals surface area contributed by atoms with E-state index >= 15 is 0 Å². The Morgan fingerprint density at radius 1 is 1.00 bits per heavy atom. The first kappa shape index (κ1) is 16.2. The van der Waals surface area contributed by atoms with Gasteiger partial charge < -0.3 is 5.32 Å². The second-order valence-corrected chi connectivity index (χ2v) is 6.71. The molecule has 1 N–H and O–H groups in total. The molecule has 1 nitrogen and oxygen atoms in total. The lowest BCUT2D eigenvalue weighted by molar-refractivity contribution is 0.461. The van der Waals surface area contributed by atoms with Gasteiger partial charge in [0.25, 0.3) is 0 Å². The Hall–Kier alpha value is -0.820. The second kappa shape index (κ2) is 6.09. The molecule has 0 saturated heterocycles. The minimum Gasteiger partial charge on any atom is -0.305 e. The SMILES string of the molecule is CC.CC(C)NC1(c2ccc(C(C)(C)C)cc2)CC1. The van der Waals surface area contributed by atoms with Crippen molar-refractivity contribution < 1.29 is 0 Å². The minimum absolute atomic E-state index is 0.251. The number of hydrogen-bond donors (Lipinski definition) is 1. The fourth-order valence-electron chi connectivity index (χ4n) is 2.48. The van der Waals surface area contributed by atoms with Crippen LogP contribution in [-0.2, 0) is 11.0 Å². The Morgan fingerprint density at radius 3 is 1.79 bits per heavy atom. The molecule has 2 rings (SSSR count). The van der Waals surface area contributed by atoms with Crippen LogP contribution in [0.5, 0.6) is 0 Å². The Bertz CT molecular complexity index is 377. The van der Waals surface area contributed by atoms with Gasteiger partial charge in [-0.1, -0.05) is 72.7 Å². The molecule has 1 aromatic rings. The summed E-state index contributed by atoms with van der Waals surface area (Å²) in [6, 6.07) is 9.75. The van der Waals surface area contributed by atoms with E-state index in [1.54, 1.807) is 0 Å². The first-order valence-electron chi connectivity index (χ1n) is 7.72. The molecule has 0 aliphatic heterocycles. The average Bonchev–Trinajstić information content (AvgIpc) is 3.11. The quantitative estimate of drug-likeness (QED) is 0.807. The van der Waals surface area contributed by atoms with Crippen LogP contribution in [0.1, 0.15) is 72.4 Å². The van der Waals surface area contributed by atoms with Crippen molar-refractivity contribution in [2.45, 2.75) is 78.3 Å². The van der Waals surface area contributed by atoms with Gasteiger partial charge in [-0.15, -0.1) is 0 Å². The van der Waals surface area contributed by atoms with Crippen LogP contribution in [0, 0.1) is 0 Å². The Balaban J connectivity index is 0.000000861. The predicted octanol–water partition coefficient (Wildman–Crippen LogP) is 5.00. The van der Waals surface area contributed by atoms with Gasteiger partial charge in [0.15, 0.2) is 0 Å². The van der Waals surface area contributed by atoms with Gasteiger partial charge in [-0.25, -0.2) is 0 Å². The molecule has 1 saturated carbocycles. The standard InChI is InChI=1S/C16H25N.C2H6/c1-12(2)17-16(10-11-16)14-8-6-13(7-9-14)15(3,4)5;1-2/h6-9,12,17H,10-11H2,1-5H3;1-2H3. The maximum Gasteiger partial charge on any atom is 0.0438 e. The molecule has 108 valence electrons. The highest BCUT2D eigenvalue weighted by molar-refractivity contribution is 5.35. The van der Waals surface area contributed by atoms with Crippen molar-refractivity contribution in [2.24, 2.45) is 0 Å². The van der Waals surface area contributed by atoms with E-state index in [-0.39, 0.29) is 11.0 Å². The molecule has 1 aromatic carbocycles. The number of nitrogens with one attached hydrogen (secondary N) is 1. The Labute approximate surface area is 119 Å². The summed E-state index contributed by atoms with van der Waals surface area (Å²) in [4.78, 5) is 0. The summed E-state index contributed by atoms with van der Waals surface area (Å²) in [6.45, 7) is 15.2. The van der Waals surface area contributed by atoms with E-state index < -0.39 is 0 Å². The molecule has 0 atom stereocenters. The van der Waals surface area contributed by atoms with Crippen LogP contribution in [0.25, 0.3) is 0 Å². The zero-order valence-corrected chi connectivity index (χ0v) is 13.8. The molecule has 19 heavy (non-hydrogen) atoms. The number of rotatable bonds is 3. The van der Waals surface area contributed by atoms with E-state index in [0.717, 1.165) is 0 Å². The minimum atomic E-state index is 0.251. The highest BCUT2D eigenvalue weighted by atomic mass is 15.0. The molecule has 0 unspecified atom stereocenters. The van der Waals surface area contributed by atoms with Gasteiger partial charge in [0.1, 0.15) is 0 Å². The topological polar surface area (TPSA) is 12.0 Å². The van der Waals surface area contributed by atoms with Crippen LogP contribution in [0.4, 0.5) is 0 Å². The van der Waals surface area contributed by atoms with Crippen LogP contribution in [0.3, 0.4) is 0 Å². The fourth-order valence-corrected chi connectivity index (χ4v) is 2.48. The van der Waals surface area contributed by atoms with Gasteiger partial charge in [-0.2, -0.15) is 0 Å². The van der Waals surface area contributed by atoms with E-state index in [0.29, 0.717) is 6.04 Å². The zero-order valence-electron chi connectivity index (χ0n) is 13.8. The summed E-state index contributed by atoms with van der Waals surface area (Å²) in [5.41, 5.74) is 3.41. The highest BCUT2D eigenvalue weighted by Crippen LogP contribution is 2.46. The van der Waals surface area contributed by atoms with E-state index in [4.69, 9.17) is 0 Å². The van der Waals surface area contributed by atoms with Crippen LogP contribution in [0.2, 0.25) is 0 Å². The van der Waals surface area contributed by atoms with Crippen molar-refractivity contribution in [3.63, 3.8) is 0 Å².